The molecule has 374 valence electrons. The van der Waals surface area contributed by atoms with E-state index in [-0.39, 0.29) is 11.3 Å². The number of rotatable bonds is 7. The molecule has 5 N–H and O–H groups in total. The number of methoxy groups -OCH3 is 1. The lowest BCUT2D eigenvalue weighted by Crippen LogP contribution is -2.32. The maximum Gasteiger partial charge on any atom is 0.337 e. The summed E-state index contributed by atoms with van der Waals surface area (Å²) in [6.07, 6.45) is 13.1. The Labute approximate surface area is 443 Å². The number of esters is 1. The standard InChI is InChI=1S/C65H51N9O3/c1-65(2)36-52-33-57-54(35-58(73-57)61(40-11-15-43(16-12-40)64(76)77-4)55-26-23-48(70-55)31-47-20-22-51(69-47)34-60(65)72-52)39-7-5-38(6-8-39)37-66-63(75)42-13-9-41(10-14-42)62-56-27-24-49(71-56)30-46-18-17-44(67-46)29-45-19-21-50(68-45)32-53-25-28-59(62)74(53)3/h5-35H,36-37H2,1-4H3,(H4,66,67,68,69,70,71,72,73,75,76)/p+1. The lowest BCUT2D eigenvalue weighted by molar-refractivity contribution is -0.671. The fraction of sp³-hybridized carbons (Fsp3) is 0.108. The van der Waals surface area contributed by atoms with Gasteiger partial charge in [-0.3, -0.25) is 9.78 Å². The lowest BCUT2D eigenvalue weighted by Gasteiger charge is -2.15. The first-order valence-corrected chi connectivity index (χ1v) is 25.6. The molecule has 4 aliphatic heterocycles. The molecule has 0 spiro atoms. The summed E-state index contributed by atoms with van der Waals surface area (Å²) >= 11 is 0. The number of carbonyl (C=O) groups excluding carboxylic acids is 2. The van der Waals surface area contributed by atoms with Crippen LogP contribution in [0.2, 0.25) is 0 Å². The smallest absolute Gasteiger partial charge is 0.337 e. The minimum absolute atomic E-state index is 0.169. The Morgan fingerprint density at radius 1 is 0.558 bits per heavy atom. The predicted octanol–water partition coefficient (Wildman–Crippen LogP) is 13.1. The number of amides is 1. The molecule has 1 amide bonds. The quantitative estimate of drug-likeness (QED) is 0.0789. The van der Waals surface area contributed by atoms with Gasteiger partial charge in [0.1, 0.15) is 7.05 Å². The van der Waals surface area contributed by atoms with Crippen molar-refractivity contribution in [1.29, 1.82) is 0 Å². The first-order valence-electron chi connectivity index (χ1n) is 25.6. The zero-order chi connectivity index (χ0) is 52.4. The minimum atomic E-state index is -0.400. The molecule has 0 saturated carbocycles. The van der Waals surface area contributed by atoms with Gasteiger partial charge in [0.15, 0.2) is 0 Å². The van der Waals surface area contributed by atoms with Gasteiger partial charge in [-0.1, -0.05) is 62.4 Å². The maximum atomic E-state index is 13.9. The molecular formula is C65H52N9O3+. The number of benzene rings is 3. The molecule has 0 aliphatic carbocycles. The fourth-order valence-corrected chi connectivity index (χ4v) is 10.7. The summed E-state index contributed by atoms with van der Waals surface area (Å²) in [4.78, 5) is 56.0. The highest BCUT2D eigenvalue weighted by molar-refractivity contribution is 5.98. The molecule has 0 saturated heterocycles. The van der Waals surface area contributed by atoms with E-state index in [1.54, 1.807) is 12.1 Å². The molecule has 0 fully saturated rings. The van der Waals surface area contributed by atoms with Crippen LogP contribution in [0.4, 0.5) is 0 Å². The molecular weight excluding hydrogens is 955 g/mol. The third-order valence-electron chi connectivity index (χ3n) is 14.7. The van der Waals surface area contributed by atoms with Crippen LogP contribution in [0.15, 0.2) is 152 Å². The average molecular weight is 1010 g/mol. The summed E-state index contributed by atoms with van der Waals surface area (Å²) in [6, 6.07) is 50.7. The maximum absolute atomic E-state index is 13.9. The zero-order valence-corrected chi connectivity index (χ0v) is 42.8. The Bertz CT molecular complexity index is 4360. The molecule has 16 bridgehead atoms. The molecule has 3 aromatic carbocycles. The topological polar surface area (TPSA) is 161 Å². The fourth-order valence-electron chi connectivity index (χ4n) is 10.7. The van der Waals surface area contributed by atoms with Gasteiger partial charge in [0.2, 0.25) is 11.4 Å². The number of aromatic amines is 4. The van der Waals surface area contributed by atoms with Crippen molar-refractivity contribution < 1.29 is 18.9 Å². The highest BCUT2D eigenvalue weighted by atomic mass is 16.5. The van der Waals surface area contributed by atoms with Crippen LogP contribution in [0.5, 0.6) is 0 Å². The molecule has 4 aliphatic rings. The molecule has 12 nitrogen and oxygen atoms in total. The van der Waals surface area contributed by atoms with Gasteiger partial charge in [-0.25, -0.2) is 14.8 Å². The number of hydrogen-bond donors (Lipinski definition) is 5. The number of nitrogens with one attached hydrogen (secondary N) is 5. The summed E-state index contributed by atoms with van der Waals surface area (Å²) in [6.45, 7) is 4.79. The van der Waals surface area contributed by atoms with Gasteiger partial charge in [0, 0.05) is 103 Å². The van der Waals surface area contributed by atoms with E-state index in [2.05, 4.69) is 148 Å². The van der Waals surface area contributed by atoms with Gasteiger partial charge < -0.3 is 30.0 Å². The average Bonchev–Trinajstić information content (AvgIpc) is 4.37. The van der Waals surface area contributed by atoms with E-state index < -0.39 is 5.97 Å². The highest BCUT2D eigenvalue weighted by Gasteiger charge is 2.29. The summed E-state index contributed by atoms with van der Waals surface area (Å²) in [5, 5.41) is 3.16. The molecule has 13 rings (SSSR count). The van der Waals surface area contributed by atoms with Gasteiger partial charge in [-0.05, 0) is 144 Å². The largest absolute Gasteiger partial charge is 0.465 e. The first kappa shape index (κ1) is 46.8. The van der Waals surface area contributed by atoms with E-state index >= 15 is 0 Å². The Hall–Kier alpha value is -9.94. The van der Waals surface area contributed by atoms with Crippen molar-refractivity contribution in [1.82, 2.24) is 40.2 Å². The Kier molecular flexibility index (Phi) is 11.4. The first-order chi connectivity index (χ1) is 37.4. The van der Waals surface area contributed by atoms with Crippen LogP contribution in [0.3, 0.4) is 0 Å². The summed E-state index contributed by atoms with van der Waals surface area (Å²) < 4.78 is 7.21. The second-order valence-corrected chi connectivity index (χ2v) is 20.5. The SMILES string of the molecule is COC(=O)c1ccc(-c2c3nc(cc4ccc(cc5nc(cc6[nH]c2cc6-c2ccc(CNC(=O)c6ccc(-c7c8[n+](C)c(cc9ccc(cc%10nc(cc%11ccc7[nH]%11)C=C%10)[nH]9)C=C8)cc6)cc2)CC5(C)C)[nH]4)C=C3)cc1. The monoisotopic (exact) mass is 1010 g/mol. The van der Waals surface area contributed by atoms with Crippen molar-refractivity contribution in [2.75, 3.05) is 7.11 Å². The van der Waals surface area contributed by atoms with Crippen LogP contribution < -0.4 is 9.88 Å². The Balaban J connectivity index is 0.826. The van der Waals surface area contributed by atoms with Crippen LogP contribution in [-0.2, 0) is 30.2 Å². The lowest BCUT2D eigenvalue weighted by atomic mass is 9.87. The number of aromatic nitrogens is 8. The van der Waals surface area contributed by atoms with Crippen LogP contribution in [0, 0.1) is 0 Å². The summed E-state index contributed by atoms with van der Waals surface area (Å²) in [5.41, 5.74) is 22.4. The number of carbonyl (C=O) groups is 2. The van der Waals surface area contributed by atoms with Gasteiger partial charge in [-0.15, -0.1) is 0 Å². The number of hydrogen-bond acceptors (Lipinski definition) is 6. The molecule has 10 heterocycles. The van der Waals surface area contributed by atoms with Crippen molar-refractivity contribution >= 4 is 92.5 Å². The van der Waals surface area contributed by atoms with Crippen LogP contribution in [0.25, 0.3) is 114 Å². The van der Waals surface area contributed by atoms with E-state index in [0.717, 1.165) is 135 Å². The van der Waals surface area contributed by atoms with E-state index in [0.29, 0.717) is 17.7 Å². The summed E-state index contributed by atoms with van der Waals surface area (Å²) in [7, 11) is 3.46. The van der Waals surface area contributed by atoms with Crippen molar-refractivity contribution in [2.24, 2.45) is 7.05 Å². The normalized spacial score (nSPS) is 13.2. The van der Waals surface area contributed by atoms with Gasteiger partial charge in [0.25, 0.3) is 5.91 Å². The number of ether oxygens (including phenoxy) is 1. The number of H-pyrrole nitrogens is 4. The third kappa shape index (κ3) is 9.16. The molecule has 9 aromatic rings. The second-order valence-electron chi connectivity index (χ2n) is 20.5. The van der Waals surface area contributed by atoms with Crippen molar-refractivity contribution in [3.63, 3.8) is 0 Å². The van der Waals surface area contributed by atoms with E-state index in [4.69, 9.17) is 19.7 Å². The number of nitrogens with zero attached hydrogens (tertiary/aromatic N) is 4. The molecule has 12 heteroatoms. The van der Waals surface area contributed by atoms with Gasteiger partial charge in [0.05, 0.1) is 46.5 Å². The Morgan fingerprint density at radius 2 is 1.16 bits per heavy atom. The predicted molar refractivity (Wildman–Crippen MR) is 308 cm³/mol. The molecule has 0 unspecified atom stereocenters. The molecule has 77 heavy (non-hydrogen) atoms. The van der Waals surface area contributed by atoms with Gasteiger partial charge >= 0.3 is 5.97 Å². The third-order valence-corrected chi connectivity index (χ3v) is 14.7. The van der Waals surface area contributed by atoms with Crippen molar-refractivity contribution in [3.05, 3.63) is 214 Å². The highest BCUT2D eigenvalue weighted by Crippen LogP contribution is 2.37. The minimum Gasteiger partial charge on any atom is -0.465 e. The van der Waals surface area contributed by atoms with E-state index in [1.807, 2.05) is 78.9 Å². The van der Waals surface area contributed by atoms with Crippen LogP contribution in [-0.4, -0.2) is 53.9 Å². The summed E-state index contributed by atoms with van der Waals surface area (Å²) in [5.74, 6) is -0.569. The molecule has 0 radical (unpaired) electrons. The Morgan fingerprint density at radius 3 is 1.86 bits per heavy atom. The second kappa shape index (κ2) is 18.8. The van der Waals surface area contributed by atoms with Crippen LogP contribution >= 0.6 is 0 Å². The van der Waals surface area contributed by atoms with Crippen molar-refractivity contribution in [3.8, 4) is 33.4 Å². The molecule has 6 aromatic heterocycles. The van der Waals surface area contributed by atoms with E-state index in [9.17, 15) is 9.59 Å². The van der Waals surface area contributed by atoms with Crippen LogP contribution in [0.1, 0.15) is 85.7 Å². The molecule has 0 atom stereocenters. The van der Waals surface area contributed by atoms with Gasteiger partial charge in [-0.2, -0.15) is 4.57 Å². The van der Waals surface area contributed by atoms with Crippen molar-refractivity contribution in [2.45, 2.75) is 32.2 Å². The number of fused-ring (bicyclic) bond motifs is 16. The van der Waals surface area contributed by atoms with E-state index in [1.165, 1.54) is 7.11 Å². The zero-order valence-electron chi connectivity index (χ0n) is 42.8.